The van der Waals surface area contributed by atoms with Crippen LogP contribution >= 0.6 is 22.9 Å². The molecular formula is C15H18N4OS2. The summed E-state index contributed by atoms with van der Waals surface area (Å²) >= 11 is 2.91. The average Bonchev–Trinajstić information content (AvgIpc) is 3.02. The number of piperidine rings is 1. The van der Waals surface area contributed by atoms with Gasteiger partial charge in [-0.1, -0.05) is 4.49 Å². The van der Waals surface area contributed by atoms with Crippen molar-refractivity contribution in [1.82, 2.24) is 19.8 Å². The molecule has 2 aromatic heterocycles. The summed E-state index contributed by atoms with van der Waals surface area (Å²) in [5.41, 5.74) is 2.02. The SMILES string of the molecule is O=C(c1csnn1)N(Cc1ccsc1)[C@@H]1CC12CCNCC2. The zero-order chi connectivity index (χ0) is 15.0. The third kappa shape index (κ3) is 2.57. The number of carbonyl (C=O) groups excluding carboxylic acids is 1. The molecule has 2 aliphatic rings. The Morgan fingerprint density at radius 1 is 1.41 bits per heavy atom. The van der Waals surface area contributed by atoms with Gasteiger partial charge in [0.05, 0.1) is 0 Å². The molecule has 1 aliphatic carbocycles. The molecule has 0 bridgehead atoms. The first-order valence-corrected chi connectivity index (χ1v) is 9.36. The predicted octanol–water partition coefficient (Wildman–Crippen LogP) is 2.38. The highest BCUT2D eigenvalue weighted by Crippen LogP contribution is 2.56. The van der Waals surface area contributed by atoms with Crippen molar-refractivity contribution in [3.8, 4) is 0 Å². The van der Waals surface area contributed by atoms with Crippen molar-refractivity contribution in [2.75, 3.05) is 13.1 Å². The number of amides is 1. The van der Waals surface area contributed by atoms with E-state index in [0.717, 1.165) is 19.5 Å². The van der Waals surface area contributed by atoms with Crippen molar-refractivity contribution in [2.45, 2.75) is 31.8 Å². The van der Waals surface area contributed by atoms with Crippen molar-refractivity contribution in [3.63, 3.8) is 0 Å². The van der Waals surface area contributed by atoms with Crippen LogP contribution in [0.3, 0.4) is 0 Å². The lowest BCUT2D eigenvalue weighted by atomic mass is 9.93. The standard InChI is InChI=1S/C15H18N4OS2/c20-14(12-10-22-18-17-12)19(8-11-1-6-21-9-11)13-7-15(13)2-4-16-5-3-15/h1,6,9-10,13,16H,2-5,7-8H2/t13-/m1/s1. The molecule has 5 nitrogen and oxygen atoms in total. The molecule has 1 saturated heterocycles. The zero-order valence-electron chi connectivity index (χ0n) is 12.2. The quantitative estimate of drug-likeness (QED) is 0.933. The van der Waals surface area contributed by atoms with E-state index in [1.807, 2.05) is 4.90 Å². The Hall–Kier alpha value is -1.31. The van der Waals surface area contributed by atoms with E-state index in [1.165, 1.54) is 29.9 Å². The molecule has 1 spiro atoms. The number of nitrogens with one attached hydrogen (secondary N) is 1. The van der Waals surface area contributed by atoms with Crippen LogP contribution in [0.4, 0.5) is 0 Å². The third-order valence-electron chi connectivity index (χ3n) is 4.90. The molecule has 1 amide bonds. The maximum absolute atomic E-state index is 12.9. The van der Waals surface area contributed by atoms with Gasteiger partial charge in [-0.15, -0.1) is 5.10 Å². The van der Waals surface area contributed by atoms with Gasteiger partial charge in [-0.05, 0) is 71.7 Å². The Bertz CT molecular complexity index is 635. The first-order chi connectivity index (χ1) is 10.8. The van der Waals surface area contributed by atoms with E-state index >= 15 is 0 Å². The summed E-state index contributed by atoms with van der Waals surface area (Å²) in [6.07, 6.45) is 3.46. The number of aromatic nitrogens is 2. The summed E-state index contributed by atoms with van der Waals surface area (Å²) in [5, 5.41) is 13.3. The Balaban J connectivity index is 1.57. The van der Waals surface area contributed by atoms with Gasteiger partial charge in [-0.3, -0.25) is 4.79 Å². The number of thiophene rings is 1. The summed E-state index contributed by atoms with van der Waals surface area (Å²) < 4.78 is 3.84. The summed E-state index contributed by atoms with van der Waals surface area (Å²) in [7, 11) is 0. The van der Waals surface area contributed by atoms with Crippen molar-refractivity contribution in [2.24, 2.45) is 5.41 Å². The molecule has 0 unspecified atom stereocenters. The molecule has 3 heterocycles. The fourth-order valence-corrected chi connectivity index (χ4v) is 4.63. The molecule has 0 aromatic carbocycles. The van der Waals surface area contributed by atoms with E-state index in [0.29, 0.717) is 23.7 Å². The van der Waals surface area contributed by atoms with Crippen LogP contribution in [0, 0.1) is 5.41 Å². The second-order valence-corrected chi connectivity index (χ2v) is 7.58. The molecule has 116 valence electrons. The minimum absolute atomic E-state index is 0.0281. The lowest BCUT2D eigenvalue weighted by Crippen LogP contribution is -2.39. The van der Waals surface area contributed by atoms with Crippen LogP contribution in [0.5, 0.6) is 0 Å². The number of rotatable bonds is 4. The van der Waals surface area contributed by atoms with E-state index < -0.39 is 0 Å². The van der Waals surface area contributed by atoms with Gasteiger partial charge in [-0.2, -0.15) is 11.3 Å². The van der Waals surface area contributed by atoms with Gasteiger partial charge >= 0.3 is 0 Å². The molecule has 22 heavy (non-hydrogen) atoms. The van der Waals surface area contributed by atoms with Crippen LogP contribution < -0.4 is 5.32 Å². The van der Waals surface area contributed by atoms with E-state index in [-0.39, 0.29) is 5.91 Å². The van der Waals surface area contributed by atoms with Gasteiger partial charge in [0.1, 0.15) is 0 Å². The van der Waals surface area contributed by atoms with Crippen molar-refractivity contribution < 1.29 is 4.79 Å². The fraction of sp³-hybridized carbons (Fsp3) is 0.533. The minimum Gasteiger partial charge on any atom is -0.329 e. The van der Waals surface area contributed by atoms with Crippen molar-refractivity contribution in [1.29, 1.82) is 0 Å². The Kier molecular flexibility index (Phi) is 3.71. The summed E-state index contributed by atoms with van der Waals surface area (Å²) in [6, 6.07) is 2.45. The van der Waals surface area contributed by atoms with Crippen LogP contribution in [0.25, 0.3) is 0 Å². The van der Waals surface area contributed by atoms with E-state index in [4.69, 9.17) is 0 Å². The molecule has 4 rings (SSSR count). The van der Waals surface area contributed by atoms with Crippen molar-refractivity contribution in [3.05, 3.63) is 33.5 Å². The number of hydrogen-bond donors (Lipinski definition) is 1. The summed E-state index contributed by atoms with van der Waals surface area (Å²) in [4.78, 5) is 14.9. The lowest BCUT2D eigenvalue weighted by Gasteiger charge is -2.29. The highest BCUT2D eigenvalue weighted by molar-refractivity contribution is 7.08. The highest BCUT2D eigenvalue weighted by Gasteiger charge is 2.57. The Morgan fingerprint density at radius 2 is 2.27 bits per heavy atom. The number of nitrogens with zero attached hydrogens (tertiary/aromatic N) is 3. The smallest absolute Gasteiger partial charge is 0.275 e. The molecule has 7 heteroatoms. The zero-order valence-corrected chi connectivity index (χ0v) is 13.8. The second kappa shape index (κ2) is 5.72. The molecule has 1 aliphatic heterocycles. The largest absolute Gasteiger partial charge is 0.329 e. The van der Waals surface area contributed by atoms with Gasteiger partial charge in [0, 0.05) is 18.0 Å². The van der Waals surface area contributed by atoms with Gasteiger partial charge in [0.2, 0.25) is 0 Å². The second-order valence-electron chi connectivity index (χ2n) is 6.19. The van der Waals surface area contributed by atoms with Gasteiger partial charge in [0.25, 0.3) is 5.91 Å². The summed E-state index contributed by atoms with van der Waals surface area (Å²) in [6.45, 7) is 2.81. The maximum Gasteiger partial charge on any atom is 0.275 e. The first kappa shape index (κ1) is 14.3. The third-order valence-corrected chi connectivity index (χ3v) is 6.13. The molecular weight excluding hydrogens is 316 g/mol. The van der Waals surface area contributed by atoms with Crippen LogP contribution in [-0.4, -0.2) is 39.5 Å². The van der Waals surface area contributed by atoms with E-state index in [9.17, 15) is 4.79 Å². The van der Waals surface area contributed by atoms with Crippen LogP contribution in [-0.2, 0) is 6.54 Å². The lowest BCUT2D eigenvalue weighted by molar-refractivity contribution is 0.0686. The van der Waals surface area contributed by atoms with Gasteiger partial charge < -0.3 is 10.2 Å². The molecule has 2 fully saturated rings. The molecule has 2 aromatic rings. The topological polar surface area (TPSA) is 58.1 Å². The highest BCUT2D eigenvalue weighted by atomic mass is 32.1. The van der Waals surface area contributed by atoms with Gasteiger partial charge in [-0.25, -0.2) is 0 Å². The molecule has 0 radical (unpaired) electrons. The van der Waals surface area contributed by atoms with E-state index in [1.54, 1.807) is 16.7 Å². The van der Waals surface area contributed by atoms with Gasteiger partial charge in [0.15, 0.2) is 5.69 Å². The minimum atomic E-state index is 0.0281. The molecule has 1 N–H and O–H groups in total. The number of hydrogen-bond acceptors (Lipinski definition) is 6. The van der Waals surface area contributed by atoms with E-state index in [2.05, 4.69) is 31.7 Å². The predicted molar refractivity (Wildman–Crippen MR) is 87.0 cm³/mol. The number of carbonyl (C=O) groups is 1. The van der Waals surface area contributed by atoms with Crippen LogP contribution in [0.2, 0.25) is 0 Å². The molecule has 1 saturated carbocycles. The molecule has 1 atom stereocenters. The first-order valence-electron chi connectivity index (χ1n) is 7.58. The van der Waals surface area contributed by atoms with Crippen molar-refractivity contribution >= 4 is 28.8 Å². The summed E-state index contributed by atoms with van der Waals surface area (Å²) in [5.74, 6) is 0.0281. The normalized spacial score (nSPS) is 22.6. The Morgan fingerprint density at radius 3 is 2.95 bits per heavy atom. The van der Waals surface area contributed by atoms with Crippen LogP contribution in [0.15, 0.2) is 22.2 Å². The fourth-order valence-electron chi connectivity index (χ4n) is 3.54. The maximum atomic E-state index is 12.9. The Labute approximate surface area is 137 Å². The van der Waals surface area contributed by atoms with Crippen LogP contribution in [0.1, 0.15) is 35.3 Å². The average molecular weight is 334 g/mol. The monoisotopic (exact) mass is 334 g/mol.